The van der Waals surface area contributed by atoms with Crippen LogP contribution in [0, 0.1) is 12.7 Å². The van der Waals surface area contributed by atoms with E-state index in [-0.39, 0.29) is 23.0 Å². The Morgan fingerprint density at radius 2 is 1.82 bits per heavy atom. The number of aryl methyl sites for hydroxylation is 1. The fourth-order valence-corrected chi connectivity index (χ4v) is 6.19. The second kappa shape index (κ2) is 11.4. The van der Waals surface area contributed by atoms with Crippen molar-refractivity contribution in [2.75, 3.05) is 44.1 Å². The summed E-state index contributed by atoms with van der Waals surface area (Å²) in [4.78, 5) is 15.8. The van der Waals surface area contributed by atoms with Gasteiger partial charge in [-0.05, 0) is 59.7 Å². The number of benzene rings is 1. The molecule has 0 bridgehead atoms. The number of rotatable bonds is 9. The minimum absolute atomic E-state index is 0.00981. The van der Waals surface area contributed by atoms with Crippen LogP contribution in [-0.2, 0) is 9.84 Å². The highest BCUT2D eigenvalue weighted by atomic mass is 32.2. The largest absolute Gasteiger partial charge is 0.476 e. The smallest absolute Gasteiger partial charge is 0.218 e. The van der Waals surface area contributed by atoms with Gasteiger partial charge in [-0.2, -0.15) is 4.98 Å². The number of alkyl halides is 1. The number of hydrogen-bond acceptors (Lipinski definition) is 8. The SMILES string of the molecule is Cc1nc(N[C@H](C)c2cccc(C(C)F)c2F)c2cc(C3CCS(=O)(=O)CC3)c(OCCN(C)C)nc2n1. The topological polar surface area (TPSA) is 97.3 Å². The molecule has 38 heavy (non-hydrogen) atoms. The van der Waals surface area contributed by atoms with Crippen molar-refractivity contribution in [1.29, 1.82) is 0 Å². The molecule has 1 fully saturated rings. The second-order valence-electron chi connectivity index (χ2n) is 10.2. The Balaban J connectivity index is 1.75. The van der Waals surface area contributed by atoms with Crippen molar-refractivity contribution in [1.82, 2.24) is 19.9 Å². The van der Waals surface area contributed by atoms with Crippen LogP contribution in [0.1, 0.15) is 67.3 Å². The maximum absolute atomic E-state index is 15.1. The molecule has 1 aromatic carbocycles. The summed E-state index contributed by atoms with van der Waals surface area (Å²) in [6.45, 7) is 5.94. The molecule has 206 valence electrons. The molecule has 1 N–H and O–H groups in total. The van der Waals surface area contributed by atoms with Crippen LogP contribution in [0.3, 0.4) is 0 Å². The minimum atomic E-state index is -3.05. The molecule has 4 rings (SSSR count). The number of ether oxygens (including phenoxy) is 1. The van der Waals surface area contributed by atoms with E-state index >= 15 is 4.39 Å². The van der Waals surface area contributed by atoms with Gasteiger partial charge in [-0.15, -0.1) is 0 Å². The first kappa shape index (κ1) is 28.1. The lowest BCUT2D eigenvalue weighted by atomic mass is 9.93. The van der Waals surface area contributed by atoms with Crippen molar-refractivity contribution in [2.24, 2.45) is 0 Å². The summed E-state index contributed by atoms with van der Waals surface area (Å²) in [6.07, 6.45) is -0.475. The Labute approximate surface area is 222 Å². The van der Waals surface area contributed by atoms with Crippen LogP contribution in [0.15, 0.2) is 24.3 Å². The van der Waals surface area contributed by atoms with Gasteiger partial charge in [0, 0.05) is 23.2 Å². The Morgan fingerprint density at radius 1 is 1.13 bits per heavy atom. The fourth-order valence-electron chi connectivity index (χ4n) is 4.70. The van der Waals surface area contributed by atoms with E-state index in [9.17, 15) is 12.8 Å². The first-order valence-electron chi connectivity index (χ1n) is 12.8. The number of aromatic nitrogens is 3. The van der Waals surface area contributed by atoms with Crippen molar-refractivity contribution in [3.05, 3.63) is 52.6 Å². The van der Waals surface area contributed by atoms with Crippen molar-refractivity contribution in [3.63, 3.8) is 0 Å². The Morgan fingerprint density at radius 3 is 2.47 bits per heavy atom. The van der Waals surface area contributed by atoms with Gasteiger partial charge in [0.25, 0.3) is 0 Å². The zero-order chi connectivity index (χ0) is 27.6. The average molecular weight is 548 g/mol. The molecule has 1 aliphatic heterocycles. The van der Waals surface area contributed by atoms with E-state index in [1.54, 1.807) is 26.0 Å². The van der Waals surface area contributed by atoms with Crippen molar-refractivity contribution in [3.8, 4) is 5.88 Å². The van der Waals surface area contributed by atoms with Crippen molar-refractivity contribution >= 4 is 26.7 Å². The van der Waals surface area contributed by atoms with Crippen LogP contribution >= 0.6 is 0 Å². The summed E-state index contributed by atoms with van der Waals surface area (Å²) < 4.78 is 59.2. The number of nitrogens with one attached hydrogen (secondary N) is 1. The Hall–Kier alpha value is -2.92. The zero-order valence-electron chi connectivity index (χ0n) is 22.5. The summed E-state index contributed by atoms with van der Waals surface area (Å²) in [5.41, 5.74) is 1.57. The molecule has 0 radical (unpaired) electrons. The van der Waals surface area contributed by atoms with E-state index in [1.165, 1.54) is 13.0 Å². The summed E-state index contributed by atoms with van der Waals surface area (Å²) in [7, 11) is 0.853. The van der Waals surface area contributed by atoms with Gasteiger partial charge in [0.1, 0.15) is 40.1 Å². The van der Waals surface area contributed by atoms with Crippen LogP contribution in [0.25, 0.3) is 11.0 Å². The lowest BCUT2D eigenvalue weighted by Gasteiger charge is -2.25. The second-order valence-corrected chi connectivity index (χ2v) is 12.5. The standard InChI is InChI=1S/C27H35F2N5O3S/c1-16(28)20-7-6-8-21(24(20)29)17(2)30-25-23-15-22(19-9-13-38(35,36)14-10-19)27(37-12-11-34(4)5)33-26(23)32-18(3)31-25/h6-8,15-17,19H,9-14H2,1-5H3,(H,30,31,32,33)/t16?,17-/m1/s1. The monoisotopic (exact) mass is 547 g/mol. The molecule has 0 amide bonds. The number of likely N-dealkylation sites (N-methyl/N-ethyl adjacent to an activating group) is 1. The molecule has 11 heteroatoms. The zero-order valence-corrected chi connectivity index (χ0v) is 23.3. The molecule has 0 spiro atoms. The normalized spacial score (nSPS) is 17.5. The van der Waals surface area contributed by atoms with Gasteiger partial charge >= 0.3 is 0 Å². The first-order chi connectivity index (χ1) is 17.9. The molecule has 0 aliphatic carbocycles. The Kier molecular flexibility index (Phi) is 8.46. The lowest BCUT2D eigenvalue weighted by Crippen LogP contribution is -2.24. The van der Waals surface area contributed by atoms with Crippen LogP contribution in [0.4, 0.5) is 14.6 Å². The third-order valence-electron chi connectivity index (χ3n) is 6.87. The average Bonchev–Trinajstić information content (AvgIpc) is 2.83. The van der Waals surface area contributed by atoms with Gasteiger partial charge in [-0.25, -0.2) is 27.2 Å². The number of sulfone groups is 1. The molecule has 3 aromatic rings. The van der Waals surface area contributed by atoms with E-state index in [2.05, 4.69) is 15.3 Å². The van der Waals surface area contributed by atoms with Crippen LogP contribution < -0.4 is 10.1 Å². The minimum Gasteiger partial charge on any atom is -0.476 e. The van der Waals surface area contributed by atoms with E-state index in [4.69, 9.17) is 9.72 Å². The highest BCUT2D eigenvalue weighted by molar-refractivity contribution is 7.91. The molecule has 2 aromatic heterocycles. The van der Waals surface area contributed by atoms with Gasteiger partial charge < -0.3 is 15.0 Å². The fraction of sp³-hybridized carbons (Fsp3) is 0.519. The summed E-state index contributed by atoms with van der Waals surface area (Å²) in [5, 5.41) is 3.90. The van der Waals surface area contributed by atoms with Crippen LogP contribution in [-0.4, -0.2) is 67.0 Å². The van der Waals surface area contributed by atoms with Crippen LogP contribution in [0.5, 0.6) is 5.88 Å². The molecule has 8 nitrogen and oxygen atoms in total. The predicted octanol–water partition coefficient (Wildman–Crippen LogP) is 4.91. The summed E-state index contributed by atoms with van der Waals surface area (Å²) in [6, 6.07) is 6.10. The first-order valence-corrected chi connectivity index (χ1v) is 14.6. The maximum atomic E-state index is 15.1. The highest BCUT2D eigenvalue weighted by Gasteiger charge is 2.29. The van der Waals surface area contributed by atoms with Gasteiger partial charge in [-0.1, -0.05) is 18.2 Å². The molecule has 3 heterocycles. The third kappa shape index (κ3) is 6.37. The maximum Gasteiger partial charge on any atom is 0.218 e. The van der Waals surface area contributed by atoms with E-state index in [1.807, 2.05) is 25.1 Å². The molecule has 2 atom stereocenters. The molecular weight excluding hydrogens is 512 g/mol. The van der Waals surface area contributed by atoms with E-state index in [0.717, 1.165) is 5.56 Å². The number of hydrogen-bond donors (Lipinski definition) is 1. The molecule has 1 saturated heterocycles. The van der Waals surface area contributed by atoms with E-state index < -0.39 is 27.9 Å². The number of halogens is 2. The highest BCUT2D eigenvalue weighted by Crippen LogP contribution is 2.38. The molecule has 1 unspecified atom stereocenters. The van der Waals surface area contributed by atoms with Crippen molar-refractivity contribution in [2.45, 2.75) is 51.7 Å². The van der Waals surface area contributed by atoms with Gasteiger partial charge in [-0.3, -0.25) is 0 Å². The number of anilines is 1. The Bertz CT molecular complexity index is 1400. The lowest BCUT2D eigenvalue weighted by molar-refractivity contribution is 0.251. The quantitative estimate of drug-likeness (QED) is 0.404. The number of fused-ring (bicyclic) bond motifs is 1. The third-order valence-corrected chi connectivity index (χ3v) is 8.59. The molecular formula is C27H35F2N5O3S. The summed E-state index contributed by atoms with van der Waals surface area (Å²) in [5.74, 6) is 0.978. The van der Waals surface area contributed by atoms with Crippen molar-refractivity contribution < 1.29 is 21.9 Å². The van der Waals surface area contributed by atoms with Crippen LogP contribution in [0.2, 0.25) is 0 Å². The predicted molar refractivity (Wildman–Crippen MR) is 145 cm³/mol. The van der Waals surface area contributed by atoms with Gasteiger partial charge in [0.05, 0.1) is 22.9 Å². The number of pyridine rings is 1. The molecule has 1 aliphatic rings. The van der Waals surface area contributed by atoms with E-state index in [0.29, 0.717) is 60.1 Å². The number of nitrogens with zero attached hydrogens (tertiary/aromatic N) is 4. The van der Waals surface area contributed by atoms with Gasteiger partial charge in [0.15, 0.2) is 5.65 Å². The summed E-state index contributed by atoms with van der Waals surface area (Å²) >= 11 is 0. The molecule has 0 saturated carbocycles. The van der Waals surface area contributed by atoms with Gasteiger partial charge in [0.2, 0.25) is 5.88 Å².